The molecule has 3 aromatic rings. The van der Waals surface area contributed by atoms with E-state index >= 15 is 0 Å². The molecule has 0 radical (unpaired) electrons. The summed E-state index contributed by atoms with van der Waals surface area (Å²) in [7, 11) is 0. The average Bonchev–Trinajstić information content (AvgIpc) is 3.10. The van der Waals surface area contributed by atoms with Gasteiger partial charge in [0, 0.05) is 23.8 Å². The van der Waals surface area contributed by atoms with Crippen LogP contribution in [-0.4, -0.2) is 32.5 Å². The first-order valence-electron chi connectivity index (χ1n) is 9.31. The van der Waals surface area contributed by atoms with Crippen molar-refractivity contribution in [3.05, 3.63) is 73.1 Å². The Morgan fingerprint density at radius 1 is 1.17 bits per heavy atom. The molecule has 0 aliphatic heterocycles. The molecule has 1 aromatic heterocycles. The third-order valence-electron chi connectivity index (χ3n) is 4.28. The van der Waals surface area contributed by atoms with Crippen LogP contribution in [0.15, 0.2) is 72.4 Å². The van der Waals surface area contributed by atoms with Crippen LogP contribution >= 0.6 is 11.8 Å². The predicted molar refractivity (Wildman–Crippen MR) is 115 cm³/mol. The number of amides is 1. The molecule has 0 N–H and O–H groups in total. The first-order valence-corrected chi connectivity index (χ1v) is 10.3. The molecule has 0 aliphatic carbocycles. The van der Waals surface area contributed by atoms with Gasteiger partial charge >= 0.3 is 0 Å². The third kappa shape index (κ3) is 4.92. The van der Waals surface area contributed by atoms with E-state index in [1.165, 1.54) is 23.9 Å². The minimum Gasteiger partial charge on any atom is -0.309 e. The Morgan fingerprint density at radius 2 is 1.86 bits per heavy atom. The molecule has 1 amide bonds. The molecule has 0 atom stereocenters. The summed E-state index contributed by atoms with van der Waals surface area (Å²) in [5.74, 6) is 0.529. The Kier molecular flexibility index (Phi) is 6.82. The molecule has 0 spiro atoms. The normalized spacial score (nSPS) is 10.9. The fraction of sp³-hybridized carbons (Fsp3) is 0.227. The number of hydrogen-bond donors (Lipinski definition) is 0. The van der Waals surface area contributed by atoms with Gasteiger partial charge < -0.3 is 4.90 Å². The van der Waals surface area contributed by atoms with Gasteiger partial charge in [0.25, 0.3) is 0 Å². The lowest BCUT2D eigenvalue weighted by Crippen LogP contribution is -2.38. The zero-order valence-electron chi connectivity index (χ0n) is 16.5. The van der Waals surface area contributed by atoms with Crippen molar-refractivity contribution in [3.63, 3.8) is 0 Å². The van der Waals surface area contributed by atoms with Gasteiger partial charge in [-0.05, 0) is 50.2 Å². The summed E-state index contributed by atoms with van der Waals surface area (Å²) in [6.45, 7) is 8.26. The van der Waals surface area contributed by atoms with Gasteiger partial charge in [0.2, 0.25) is 5.91 Å². The molecule has 29 heavy (non-hydrogen) atoms. The third-order valence-corrected chi connectivity index (χ3v) is 5.23. The Morgan fingerprint density at radius 3 is 2.48 bits per heavy atom. The number of allylic oxidation sites excluding steroid dienone is 1. The highest BCUT2D eigenvalue weighted by Crippen LogP contribution is 2.26. The van der Waals surface area contributed by atoms with Crippen molar-refractivity contribution in [1.29, 1.82) is 0 Å². The second-order valence-corrected chi connectivity index (χ2v) is 7.64. The van der Waals surface area contributed by atoms with Crippen LogP contribution in [0.2, 0.25) is 0 Å². The van der Waals surface area contributed by atoms with E-state index in [2.05, 4.69) is 16.8 Å². The summed E-state index contributed by atoms with van der Waals surface area (Å²) in [6, 6.07) is 15.7. The molecule has 0 saturated carbocycles. The molecule has 3 rings (SSSR count). The number of benzene rings is 2. The second kappa shape index (κ2) is 9.52. The average molecular weight is 411 g/mol. The number of carbonyl (C=O) groups is 1. The molecule has 5 nitrogen and oxygen atoms in total. The van der Waals surface area contributed by atoms with Crippen LogP contribution in [0, 0.1) is 5.82 Å². The number of hydrogen-bond acceptors (Lipinski definition) is 4. The lowest BCUT2D eigenvalue weighted by atomic mass is 10.2. The van der Waals surface area contributed by atoms with Crippen molar-refractivity contribution in [1.82, 2.24) is 14.8 Å². The first-order chi connectivity index (χ1) is 14.0. The number of anilines is 1. The molecule has 0 saturated heterocycles. The summed E-state index contributed by atoms with van der Waals surface area (Å²) in [5, 5.41) is 9.11. The largest absolute Gasteiger partial charge is 0.309 e. The lowest BCUT2D eigenvalue weighted by Gasteiger charge is -2.26. The number of rotatable bonds is 8. The van der Waals surface area contributed by atoms with Gasteiger partial charge in [-0.15, -0.1) is 16.8 Å². The molecule has 0 unspecified atom stereocenters. The van der Waals surface area contributed by atoms with Crippen LogP contribution in [0.4, 0.5) is 10.1 Å². The molecule has 0 bridgehead atoms. The highest BCUT2D eigenvalue weighted by molar-refractivity contribution is 7.99. The maximum Gasteiger partial charge on any atom is 0.237 e. The fourth-order valence-corrected chi connectivity index (χ4v) is 3.82. The highest BCUT2D eigenvalue weighted by atomic mass is 32.2. The molecule has 2 aromatic carbocycles. The van der Waals surface area contributed by atoms with Crippen LogP contribution in [0.25, 0.3) is 11.4 Å². The van der Waals surface area contributed by atoms with Crippen LogP contribution in [0.1, 0.15) is 13.8 Å². The molecule has 7 heteroatoms. The van der Waals surface area contributed by atoms with Gasteiger partial charge in [0.15, 0.2) is 11.0 Å². The van der Waals surface area contributed by atoms with Gasteiger partial charge in [-0.3, -0.25) is 9.36 Å². The first kappa shape index (κ1) is 20.8. The Balaban J connectivity index is 1.80. The second-order valence-electron chi connectivity index (χ2n) is 6.69. The molecule has 0 fully saturated rings. The van der Waals surface area contributed by atoms with E-state index in [0.29, 0.717) is 17.5 Å². The van der Waals surface area contributed by atoms with Gasteiger partial charge in [0.1, 0.15) is 5.82 Å². The molecular formula is C22H23FN4OS. The molecule has 0 aliphatic rings. The summed E-state index contributed by atoms with van der Waals surface area (Å²) >= 11 is 1.33. The summed E-state index contributed by atoms with van der Waals surface area (Å²) in [5.41, 5.74) is 1.62. The summed E-state index contributed by atoms with van der Waals surface area (Å²) in [6.07, 6.45) is 1.74. The Bertz CT molecular complexity index is 970. The van der Waals surface area contributed by atoms with Crippen molar-refractivity contribution in [2.75, 3.05) is 10.7 Å². The molecule has 150 valence electrons. The monoisotopic (exact) mass is 410 g/mol. The van der Waals surface area contributed by atoms with E-state index in [4.69, 9.17) is 0 Å². The van der Waals surface area contributed by atoms with Crippen molar-refractivity contribution >= 4 is 23.4 Å². The van der Waals surface area contributed by atoms with Crippen LogP contribution in [-0.2, 0) is 11.3 Å². The van der Waals surface area contributed by atoms with Crippen molar-refractivity contribution in [3.8, 4) is 11.4 Å². The number of nitrogens with zero attached hydrogens (tertiary/aromatic N) is 4. The minimum absolute atomic E-state index is 0.00677. The summed E-state index contributed by atoms with van der Waals surface area (Å²) < 4.78 is 15.1. The zero-order chi connectivity index (χ0) is 20.8. The van der Waals surface area contributed by atoms with Crippen molar-refractivity contribution < 1.29 is 9.18 Å². The predicted octanol–water partition coefficient (Wildman–Crippen LogP) is 4.80. The quantitative estimate of drug-likeness (QED) is 0.395. The van der Waals surface area contributed by atoms with Gasteiger partial charge in [-0.25, -0.2) is 4.39 Å². The van der Waals surface area contributed by atoms with E-state index in [1.807, 2.05) is 48.7 Å². The topological polar surface area (TPSA) is 51.0 Å². The summed E-state index contributed by atoms with van der Waals surface area (Å²) in [4.78, 5) is 14.7. The van der Waals surface area contributed by atoms with Crippen molar-refractivity contribution in [2.45, 2.75) is 31.6 Å². The van der Waals surface area contributed by atoms with Gasteiger partial charge in [-0.1, -0.05) is 36.0 Å². The van der Waals surface area contributed by atoms with Crippen molar-refractivity contribution in [2.24, 2.45) is 0 Å². The fourth-order valence-electron chi connectivity index (χ4n) is 3.02. The SMILES string of the molecule is C=CCn1c(SCC(=O)N(c2ccccc2)C(C)C)nnc1-c1ccc(F)cc1. The zero-order valence-corrected chi connectivity index (χ0v) is 17.3. The minimum atomic E-state index is -0.307. The van der Waals surface area contributed by atoms with Crippen LogP contribution in [0.5, 0.6) is 0 Å². The van der Waals surface area contributed by atoms with E-state index in [-0.39, 0.29) is 23.5 Å². The lowest BCUT2D eigenvalue weighted by molar-refractivity contribution is -0.116. The standard InChI is InChI=1S/C22H23FN4OS/c1-4-14-26-21(17-10-12-18(23)13-11-17)24-25-22(26)29-15-20(28)27(16(2)3)19-8-6-5-7-9-19/h4-13,16H,1,14-15H2,2-3H3. The molecular weight excluding hydrogens is 387 g/mol. The van der Waals surface area contributed by atoms with Crippen LogP contribution in [0.3, 0.4) is 0 Å². The maximum absolute atomic E-state index is 13.2. The van der Waals surface area contributed by atoms with E-state index < -0.39 is 0 Å². The van der Waals surface area contributed by atoms with Gasteiger partial charge in [0.05, 0.1) is 5.75 Å². The Hall–Kier alpha value is -2.93. The number of thioether (sulfide) groups is 1. The Labute approximate surface area is 174 Å². The van der Waals surface area contributed by atoms with Gasteiger partial charge in [-0.2, -0.15) is 0 Å². The van der Waals surface area contributed by atoms with E-state index in [9.17, 15) is 9.18 Å². The maximum atomic E-state index is 13.2. The van der Waals surface area contributed by atoms with E-state index in [0.717, 1.165) is 11.3 Å². The van der Waals surface area contributed by atoms with E-state index in [1.54, 1.807) is 23.1 Å². The highest BCUT2D eigenvalue weighted by Gasteiger charge is 2.21. The number of halogens is 1. The smallest absolute Gasteiger partial charge is 0.237 e. The number of carbonyl (C=O) groups excluding carboxylic acids is 1. The van der Waals surface area contributed by atoms with Crippen LogP contribution < -0.4 is 4.90 Å². The number of para-hydroxylation sites is 1. The molecule has 1 heterocycles. The number of aromatic nitrogens is 3.